The van der Waals surface area contributed by atoms with Crippen LogP contribution in [-0.2, 0) is 16.3 Å². The monoisotopic (exact) mass is 658 g/mol. The first-order chi connectivity index (χ1) is 21.1. The normalized spacial score (nSPS) is 28.3. The van der Waals surface area contributed by atoms with Gasteiger partial charge < -0.3 is 14.9 Å². The van der Waals surface area contributed by atoms with Crippen LogP contribution in [0.2, 0.25) is 0 Å². The highest BCUT2D eigenvalue weighted by Gasteiger charge is 2.58. The average molecular weight is 659 g/mol. The molecule has 0 radical (unpaired) electrons. The van der Waals surface area contributed by atoms with Crippen LogP contribution in [0.5, 0.6) is 11.5 Å². The number of hydrogen-bond donors (Lipinski definition) is 2. The Morgan fingerprint density at radius 1 is 0.933 bits per heavy atom. The van der Waals surface area contributed by atoms with Gasteiger partial charge in [0.15, 0.2) is 0 Å². The van der Waals surface area contributed by atoms with Crippen LogP contribution in [-0.4, -0.2) is 54.9 Å². The van der Waals surface area contributed by atoms with Crippen molar-refractivity contribution in [2.24, 2.45) is 17.3 Å². The predicted octanol–water partition coefficient (Wildman–Crippen LogP) is 7.94. The molecule has 2 aromatic rings. The Morgan fingerprint density at radius 2 is 1.64 bits per heavy atom. The lowest BCUT2D eigenvalue weighted by Crippen LogP contribution is -2.47. The van der Waals surface area contributed by atoms with Crippen molar-refractivity contribution in [1.29, 1.82) is 0 Å². The first-order valence-electron chi connectivity index (χ1n) is 16.0. The zero-order valence-corrected chi connectivity index (χ0v) is 26.4. The summed E-state index contributed by atoms with van der Waals surface area (Å²) in [5.74, 6) is -3.43. The molecule has 3 aliphatic carbocycles. The predicted molar refractivity (Wildman–Crippen MR) is 162 cm³/mol. The zero-order valence-electron chi connectivity index (χ0n) is 25.5. The molecular formula is C34H43F5O5S. The van der Waals surface area contributed by atoms with E-state index < -0.39 is 40.5 Å². The van der Waals surface area contributed by atoms with Gasteiger partial charge in [-0.2, -0.15) is 22.0 Å². The highest BCUT2D eigenvalue weighted by atomic mass is 32.2. The Hall–Kier alpha value is -2.40. The van der Waals surface area contributed by atoms with Gasteiger partial charge in [-0.25, -0.2) is 8.42 Å². The van der Waals surface area contributed by atoms with Crippen LogP contribution in [0.4, 0.5) is 22.0 Å². The number of fused-ring (bicyclic) bond motifs is 5. The van der Waals surface area contributed by atoms with Crippen LogP contribution < -0.4 is 4.74 Å². The molecule has 2 aromatic carbocycles. The Balaban J connectivity index is 1.14. The molecule has 2 fully saturated rings. The van der Waals surface area contributed by atoms with E-state index in [9.17, 15) is 40.6 Å². The summed E-state index contributed by atoms with van der Waals surface area (Å²) in [6.07, 6.45) is -2.19. The number of ether oxygens (including phenoxy) is 1. The lowest BCUT2D eigenvalue weighted by atomic mass is 9.51. The molecule has 5 nitrogen and oxygen atoms in total. The summed E-state index contributed by atoms with van der Waals surface area (Å²) < 4.78 is 92.8. The van der Waals surface area contributed by atoms with Gasteiger partial charge in [-0.05, 0) is 128 Å². The van der Waals surface area contributed by atoms with Gasteiger partial charge >= 0.3 is 12.1 Å². The van der Waals surface area contributed by atoms with Crippen LogP contribution in [0.25, 0.3) is 0 Å². The number of aryl methyl sites for hydroxylation is 1. The highest BCUT2D eigenvalue weighted by Crippen LogP contribution is 2.65. The van der Waals surface area contributed by atoms with E-state index in [-0.39, 0.29) is 35.4 Å². The maximum atomic E-state index is 13.0. The van der Waals surface area contributed by atoms with E-state index in [2.05, 4.69) is 25.1 Å². The van der Waals surface area contributed by atoms with Crippen molar-refractivity contribution in [3.05, 3.63) is 59.2 Å². The molecule has 250 valence electrons. The van der Waals surface area contributed by atoms with Crippen molar-refractivity contribution in [1.82, 2.24) is 0 Å². The number of halogens is 5. The van der Waals surface area contributed by atoms with E-state index in [0.717, 1.165) is 32.1 Å². The van der Waals surface area contributed by atoms with Crippen LogP contribution in [0.3, 0.4) is 0 Å². The molecular weight excluding hydrogens is 615 g/mol. The number of alkyl halides is 5. The number of aromatic hydroxyl groups is 1. The van der Waals surface area contributed by atoms with Gasteiger partial charge in [0.05, 0.1) is 24.2 Å². The zero-order chi connectivity index (χ0) is 32.6. The lowest BCUT2D eigenvalue weighted by molar-refractivity contribution is -0.284. The van der Waals surface area contributed by atoms with Gasteiger partial charge in [-0.15, -0.1) is 0 Å². The third-order valence-corrected chi connectivity index (χ3v) is 12.5. The van der Waals surface area contributed by atoms with Gasteiger partial charge in [-0.1, -0.05) is 25.1 Å². The number of unbranched alkanes of at least 4 members (excludes halogenated alkanes) is 2. The quantitative estimate of drug-likeness (QED) is 0.179. The van der Waals surface area contributed by atoms with Gasteiger partial charge in [-0.3, -0.25) is 0 Å². The standard InChI is InChI=1S/C34H43F5O5S/c1-32-21-28(31-26-13-9-24(40)20-23(26)8-12-27(31)29(32)14-15-30(32)41)22-6-10-25(11-7-22)44-17-3-2-4-18-45(42,43)19-5-16-33(35,36)34(37,38)39/h6-7,9-11,13,20,27-31,40-41H,2-5,8,12,14-19,21H2,1H3/t27?,28-,29?,30+,31?,32+/m1/s1. The third-order valence-electron chi connectivity index (χ3n) is 10.7. The molecule has 0 aliphatic heterocycles. The van der Waals surface area contributed by atoms with Crippen molar-refractivity contribution in [2.75, 3.05) is 18.1 Å². The van der Waals surface area contributed by atoms with Gasteiger partial charge in [0, 0.05) is 6.42 Å². The van der Waals surface area contributed by atoms with E-state index >= 15 is 0 Å². The van der Waals surface area contributed by atoms with E-state index in [0.29, 0.717) is 43.0 Å². The first-order valence-corrected chi connectivity index (χ1v) is 17.8. The molecule has 0 amide bonds. The summed E-state index contributed by atoms with van der Waals surface area (Å²) in [6.45, 7) is 2.61. The summed E-state index contributed by atoms with van der Waals surface area (Å²) in [7, 11) is -3.72. The summed E-state index contributed by atoms with van der Waals surface area (Å²) >= 11 is 0. The Labute approximate surface area is 262 Å². The summed E-state index contributed by atoms with van der Waals surface area (Å²) in [4.78, 5) is 0. The van der Waals surface area contributed by atoms with Crippen molar-refractivity contribution in [2.45, 2.75) is 101 Å². The van der Waals surface area contributed by atoms with Crippen molar-refractivity contribution in [3.63, 3.8) is 0 Å². The fourth-order valence-electron chi connectivity index (χ4n) is 8.35. The van der Waals surface area contributed by atoms with Crippen molar-refractivity contribution in [3.8, 4) is 11.5 Å². The molecule has 2 saturated carbocycles. The number of phenols is 1. The third kappa shape index (κ3) is 7.29. The Kier molecular flexibility index (Phi) is 9.81. The molecule has 2 N–H and O–H groups in total. The van der Waals surface area contributed by atoms with E-state index in [1.807, 2.05) is 18.2 Å². The first kappa shape index (κ1) is 33.9. The number of phenolic OH excluding ortho intramolecular Hbond substituents is 1. The van der Waals surface area contributed by atoms with Crippen LogP contribution >= 0.6 is 0 Å². The number of sulfone groups is 1. The lowest BCUT2D eigenvalue weighted by Gasteiger charge is -2.54. The van der Waals surface area contributed by atoms with E-state index in [1.54, 1.807) is 6.07 Å². The van der Waals surface area contributed by atoms with E-state index in [1.165, 1.54) is 16.7 Å². The van der Waals surface area contributed by atoms with Crippen molar-refractivity contribution < 1.29 is 45.3 Å². The molecule has 0 aromatic heterocycles. The molecule has 0 bridgehead atoms. The molecule has 3 unspecified atom stereocenters. The molecule has 45 heavy (non-hydrogen) atoms. The fraction of sp³-hybridized carbons (Fsp3) is 0.647. The largest absolute Gasteiger partial charge is 0.508 e. The molecule has 0 spiro atoms. The number of aliphatic hydroxyl groups is 1. The van der Waals surface area contributed by atoms with Gasteiger partial charge in [0.25, 0.3) is 0 Å². The second-order valence-corrected chi connectivity index (χ2v) is 15.9. The van der Waals surface area contributed by atoms with E-state index in [4.69, 9.17) is 4.74 Å². The molecule has 3 aliphatic rings. The van der Waals surface area contributed by atoms with Gasteiger partial charge in [0.2, 0.25) is 0 Å². The number of hydrogen-bond acceptors (Lipinski definition) is 5. The second-order valence-electron chi connectivity index (χ2n) is 13.6. The number of benzene rings is 2. The Morgan fingerprint density at radius 3 is 2.36 bits per heavy atom. The fourth-order valence-corrected chi connectivity index (χ4v) is 9.79. The van der Waals surface area contributed by atoms with Crippen LogP contribution in [0, 0.1) is 17.3 Å². The molecule has 11 heteroatoms. The molecule has 5 rings (SSSR count). The molecule has 0 heterocycles. The van der Waals surface area contributed by atoms with Gasteiger partial charge in [0.1, 0.15) is 21.3 Å². The van der Waals surface area contributed by atoms with Crippen molar-refractivity contribution >= 4 is 9.84 Å². The smallest absolute Gasteiger partial charge is 0.453 e. The molecule has 6 atom stereocenters. The maximum Gasteiger partial charge on any atom is 0.453 e. The highest BCUT2D eigenvalue weighted by molar-refractivity contribution is 7.91. The minimum atomic E-state index is -5.68. The maximum absolute atomic E-state index is 13.0. The Bertz CT molecular complexity index is 1430. The average Bonchev–Trinajstić information content (AvgIpc) is 3.27. The summed E-state index contributed by atoms with van der Waals surface area (Å²) in [5.41, 5.74) is 3.56. The number of rotatable bonds is 12. The topological polar surface area (TPSA) is 83.8 Å². The summed E-state index contributed by atoms with van der Waals surface area (Å²) in [5, 5.41) is 21.2. The molecule has 0 saturated heterocycles. The summed E-state index contributed by atoms with van der Waals surface area (Å²) in [6, 6.07) is 13.8. The SMILES string of the molecule is C[C@]12C[C@H](c3ccc(OCCCCCS(=O)(=O)CCCC(F)(F)C(F)(F)F)cc3)C3c4ccc(O)cc4CCC3C1CC[C@@H]2O. The van der Waals surface area contributed by atoms with Crippen LogP contribution in [0.1, 0.15) is 93.2 Å². The second kappa shape index (κ2) is 13.0. The minimum Gasteiger partial charge on any atom is -0.508 e. The van der Waals surface area contributed by atoms with Crippen LogP contribution in [0.15, 0.2) is 42.5 Å². The number of aliphatic hydroxyl groups excluding tert-OH is 1. The minimum absolute atomic E-state index is 0.142.